The highest BCUT2D eigenvalue weighted by atomic mass is 35.5. The van der Waals surface area contributed by atoms with Crippen LogP contribution in [0.25, 0.3) is 0 Å². The van der Waals surface area contributed by atoms with Gasteiger partial charge in [0.25, 0.3) is 5.91 Å². The summed E-state index contributed by atoms with van der Waals surface area (Å²) in [6.45, 7) is 1.25. The molecule has 1 amide bonds. The highest BCUT2D eigenvalue weighted by Crippen LogP contribution is 2.35. The van der Waals surface area contributed by atoms with E-state index in [2.05, 4.69) is 10.0 Å². The third-order valence-corrected chi connectivity index (χ3v) is 5.84. The summed E-state index contributed by atoms with van der Waals surface area (Å²) in [5.41, 5.74) is 6.26. The minimum Gasteiger partial charge on any atom is -0.480 e. The molecule has 0 aromatic heterocycles. The number of para-hydroxylation sites is 1. The molecule has 0 aliphatic carbocycles. The molecular formula is C18H28ClN5O6S. The van der Waals surface area contributed by atoms with Gasteiger partial charge in [-0.1, -0.05) is 18.2 Å². The molecule has 11 nitrogen and oxygen atoms in total. The molecule has 31 heavy (non-hydrogen) atoms. The smallest absolute Gasteiger partial charge is 0.323 e. The summed E-state index contributed by atoms with van der Waals surface area (Å²) in [6, 6.07) is 7.59. The van der Waals surface area contributed by atoms with Crippen LogP contribution in [0.2, 0.25) is 0 Å². The van der Waals surface area contributed by atoms with E-state index in [0.717, 1.165) is 32.2 Å². The first-order chi connectivity index (χ1) is 14.2. The van der Waals surface area contributed by atoms with Crippen molar-refractivity contribution in [3.05, 3.63) is 30.3 Å². The van der Waals surface area contributed by atoms with E-state index in [1.807, 2.05) is 30.3 Å². The van der Waals surface area contributed by atoms with Gasteiger partial charge in [-0.2, -0.15) is 9.73 Å². The Kier molecular flexibility index (Phi) is 8.63. The second-order valence-electron chi connectivity index (χ2n) is 7.45. The SMILES string of the molecule is CS(=O)(=O)NC(CN1C(C(N)=O)OC(C2CCNCC2)N1c1ccccc1)C(=O)O.Cl. The number of carboxylic acid groups (broad SMARTS) is 1. The van der Waals surface area contributed by atoms with Crippen molar-refractivity contribution in [1.82, 2.24) is 15.0 Å². The lowest BCUT2D eigenvalue weighted by molar-refractivity contribution is -0.143. The highest BCUT2D eigenvalue weighted by Gasteiger charge is 2.48. The Balaban J connectivity index is 0.00000341. The molecule has 3 atom stereocenters. The number of benzene rings is 1. The van der Waals surface area contributed by atoms with Gasteiger partial charge in [0.05, 0.1) is 11.9 Å². The van der Waals surface area contributed by atoms with Crippen LogP contribution in [0, 0.1) is 5.92 Å². The van der Waals surface area contributed by atoms with Crippen LogP contribution in [-0.4, -0.2) is 74.8 Å². The number of halogens is 1. The molecule has 13 heteroatoms. The van der Waals surface area contributed by atoms with Crippen LogP contribution >= 0.6 is 12.4 Å². The van der Waals surface area contributed by atoms with Gasteiger partial charge >= 0.3 is 5.97 Å². The number of piperidine rings is 1. The fraction of sp³-hybridized carbons (Fsp3) is 0.556. The zero-order valence-electron chi connectivity index (χ0n) is 17.0. The molecule has 2 saturated heterocycles. The van der Waals surface area contributed by atoms with Crippen LogP contribution in [0.3, 0.4) is 0 Å². The molecule has 1 aromatic rings. The first-order valence-corrected chi connectivity index (χ1v) is 11.5. The third kappa shape index (κ3) is 6.28. The first kappa shape index (κ1) is 25.3. The third-order valence-electron chi connectivity index (χ3n) is 5.13. The molecule has 2 aliphatic rings. The van der Waals surface area contributed by atoms with Crippen molar-refractivity contribution < 1.29 is 27.9 Å². The maximum absolute atomic E-state index is 12.2. The Morgan fingerprint density at radius 2 is 1.90 bits per heavy atom. The summed E-state index contributed by atoms with van der Waals surface area (Å²) in [7, 11) is -3.81. The average Bonchev–Trinajstić information content (AvgIpc) is 3.07. The number of aliphatic carboxylic acids is 1. The Morgan fingerprint density at radius 3 is 2.42 bits per heavy atom. The lowest BCUT2D eigenvalue weighted by Crippen LogP contribution is -2.56. The highest BCUT2D eigenvalue weighted by molar-refractivity contribution is 7.88. The monoisotopic (exact) mass is 477 g/mol. The number of hydrogen-bond donors (Lipinski definition) is 4. The largest absolute Gasteiger partial charge is 0.480 e. The minimum absolute atomic E-state index is 0. The normalized spacial score (nSPS) is 23.8. The van der Waals surface area contributed by atoms with Gasteiger partial charge in [-0.25, -0.2) is 8.42 Å². The molecule has 0 bridgehead atoms. The predicted octanol–water partition coefficient (Wildman–Crippen LogP) is -0.698. The van der Waals surface area contributed by atoms with Crippen LogP contribution < -0.4 is 20.8 Å². The Labute approximate surface area is 187 Å². The average molecular weight is 478 g/mol. The van der Waals surface area contributed by atoms with E-state index in [4.69, 9.17) is 10.5 Å². The molecule has 0 saturated carbocycles. The lowest BCUT2D eigenvalue weighted by atomic mass is 9.95. The van der Waals surface area contributed by atoms with Crippen molar-refractivity contribution in [1.29, 1.82) is 0 Å². The van der Waals surface area contributed by atoms with Crippen molar-refractivity contribution in [3.8, 4) is 0 Å². The summed E-state index contributed by atoms with van der Waals surface area (Å²) in [4.78, 5) is 23.9. The number of hydrogen-bond acceptors (Lipinski definition) is 8. The molecule has 0 radical (unpaired) electrons. The molecule has 0 spiro atoms. The zero-order valence-corrected chi connectivity index (χ0v) is 18.6. The van der Waals surface area contributed by atoms with Crippen LogP contribution in [0.1, 0.15) is 12.8 Å². The molecular weight excluding hydrogens is 450 g/mol. The predicted molar refractivity (Wildman–Crippen MR) is 116 cm³/mol. The molecule has 1 aromatic carbocycles. The molecule has 5 N–H and O–H groups in total. The summed E-state index contributed by atoms with van der Waals surface area (Å²) < 4.78 is 31.5. The second-order valence-corrected chi connectivity index (χ2v) is 9.23. The standard InChI is InChI=1S/C18H27N5O6S.ClH/c1-30(27,28)21-14(18(25)26)11-22-17(15(19)24)29-16(12-7-9-20-10-8-12)23(22)13-5-3-2-4-6-13;/h2-6,12,14,16-17,20-21H,7-11H2,1H3,(H2,19,24)(H,25,26);1H. The van der Waals surface area contributed by atoms with Crippen molar-refractivity contribution in [2.24, 2.45) is 11.7 Å². The van der Waals surface area contributed by atoms with E-state index in [0.29, 0.717) is 5.69 Å². The van der Waals surface area contributed by atoms with Gasteiger partial charge in [0, 0.05) is 12.5 Å². The van der Waals surface area contributed by atoms with Gasteiger partial charge < -0.3 is 20.9 Å². The molecule has 2 fully saturated rings. The number of ether oxygens (including phenoxy) is 1. The quantitative estimate of drug-likeness (QED) is 0.380. The molecule has 174 valence electrons. The van der Waals surface area contributed by atoms with Crippen LogP contribution in [0.5, 0.6) is 0 Å². The van der Waals surface area contributed by atoms with Crippen LogP contribution in [0.15, 0.2) is 30.3 Å². The number of primary amides is 1. The summed E-state index contributed by atoms with van der Waals surface area (Å²) in [5, 5.41) is 16.0. The van der Waals surface area contributed by atoms with Gasteiger partial charge in [-0.05, 0) is 38.1 Å². The van der Waals surface area contributed by atoms with Crippen molar-refractivity contribution in [2.45, 2.75) is 31.3 Å². The number of amides is 1. The van der Waals surface area contributed by atoms with E-state index in [9.17, 15) is 23.1 Å². The van der Waals surface area contributed by atoms with E-state index < -0.39 is 40.4 Å². The number of carbonyl (C=O) groups is 2. The summed E-state index contributed by atoms with van der Waals surface area (Å²) >= 11 is 0. The van der Waals surface area contributed by atoms with Gasteiger partial charge in [0.2, 0.25) is 16.3 Å². The number of rotatable bonds is 8. The molecule has 3 rings (SSSR count). The number of nitrogens with zero attached hydrogens (tertiary/aromatic N) is 2. The van der Waals surface area contributed by atoms with Crippen molar-refractivity contribution in [2.75, 3.05) is 30.9 Å². The van der Waals surface area contributed by atoms with Crippen LogP contribution in [-0.2, 0) is 24.3 Å². The summed E-state index contributed by atoms with van der Waals surface area (Å²) in [5.74, 6) is -2.08. The number of nitrogens with two attached hydrogens (primary N) is 1. The van der Waals surface area contributed by atoms with Gasteiger partial charge in [-0.15, -0.1) is 12.4 Å². The number of hydrazine groups is 1. The van der Waals surface area contributed by atoms with Crippen LogP contribution in [0.4, 0.5) is 5.69 Å². The van der Waals surface area contributed by atoms with Crippen molar-refractivity contribution >= 4 is 40.0 Å². The number of carbonyl (C=O) groups excluding carboxylic acids is 1. The minimum atomic E-state index is -3.81. The Morgan fingerprint density at radius 1 is 1.29 bits per heavy atom. The lowest BCUT2D eigenvalue weighted by Gasteiger charge is -2.38. The molecule has 2 aliphatic heterocycles. The Bertz CT molecular complexity index is 867. The topological polar surface area (TPSA) is 154 Å². The number of carboxylic acids is 1. The van der Waals surface area contributed by atoms with Crippen molar-refractivity contribution in [3.63, 3.8) is 0 Å². The van der Waals surface area contributed by atoms with E-state index >= 15 is 0 Å². The van der Waals surface area contributed by atoms with E-state index in [1.165, 1.54) is 5.01 Å². The van der Waals surface area contributed by atoms with Gasteiger partial charge in [0.1, 0.15) is 12.3 Å². The zero-order chi connectivity index (χ0) is 21.9. The van der Waals surface area contributed by atoms with E-state index in [-0.39, 0.29) is 24.9 Å². The number of nitrogens with one attached hydrogen (secondary N) is 2. The fourth-order valence-corrected chi connectivity index (χ4v) is 4.54. The maximum atomic E-state index is 12.2. The molecule has 2 heterocycles. The maximum Gasteiger partial charge on any atom is 0.323 e. The van der Waals surface area contributed by atoms with E-state index in [1.54, 1.807) is 5.01 Å². The van der Waals surface area contributed by atoms with Gasteiger partial charge in [-0.3, -0.25) is 14.6 Å². The first-order valence-electron chi connectivity index (χ1n) is 9.64. The molecule has 3 unspecified atom stereocenters. The summed E-state index contributed by atoms with van der Waals surface area (Å²) in [6.07, 6.45) is 0.712. The second kappa shape index (κ2) is 10.6. The number of sulfonamides is 1. The Hall–Kier alpha value is -1.96. The fourth-order valence-electron chi connectivity index (χ4n) is 3.84. The number of anilines is 1. The van der Waals surface area contributed by atoms with Gasteiger partial charge in [0.15, 0.2) is 0 Å².